The van der Waals surface area contributed by atoms with Crippen LogP contribution >= 0.6 is 0 Å². The van der Waals surface area contributed by atoms with Gasteiger partial charge in [0.25, 0.3) is 0 Å². The van der Waals surface area contributed by atoms with E-state index in [2.05, 4.69) is 28.8 Å². The summed E-state index contributed by atoms with van der Waals surface area (Å²) in [6, 6.07) is 9.02. The molecule has 1 heterocycles. The first-order valence-corrected chi connectivity index (χ1v) is 6.45. The van der Waals surface area contributed by atoms with Crippen LogP contribution in [0, 0.1) is 0 Å². The van der Waals surface area contributed by atoms with Gasteiger partial charge in [0.1, 0.15) is 0 Å². The van der Waals surface area contributed by atoms with E-state index in [1.54, 1.807) is 0 Å². The van der Waals surface area contributed by atoms with E-state index in [-0.39, 0.29) is 11.9 Å². The summed E-state index contributed by atoms with van der Waals surface area (Å²) in [7, 11) is 0. The molecule has 3 rings (SSSR count). The van der Waals surface area contributed by atoms with E-state index in [9.17, 15) is 4.79 Å². The molecule has 2 aliphatic rings. The van der Waals surface area contributed by atoms with Crippen molar-refractivity contribution in [3.05, 3.63) is 29.8 Å². The second kappa shape index (κ2) is 4.40. The lowest BCUT2D eigenvalue weighted by molar-refractivity contribution is -0.122. The largest absolute Gasteiger partial charge is 0.381 e. The van der Waals surface area contributed by atoms with Gasteiger partial charge in [0, 0.05) is 24.2 Å². The van der Waals surface area contributed by atoms with Crippen LogP contribution in [0.4, 0.5) is 5.69 Å². The lowest BCUT2D eigenvalue weighted by atomic mass is 9.93. The van der Waals surface area contributed by atoms with Gasteiger partial charge in [0.2, 0.25) is 5.91 Å². The van der Waals surface area contributed by atoms with Crippen LogP contribution in [-0.4, -0.2) is 18.0 Å². The molecule has 0 saturated heterocycles. The van der Waals surface area contributed by atoms with E-state index in [4.69, 9.17) is 0 Å². The number of fused-ring (bicyclic) bond motifs is 1. The lowest BCUT2D eigenvalue weighted by Gasteiger charge is -2.27. The van der Waals surface area contributed by atoms with Crippen molar-refractivity contribution in [1.29, 1.82) is 0 Å². The number of anilines is 1. The van der Waals surface area contributed by atoms with Gasteiger partial charge in [-0.15, -0.1) is 0 Å². The summed E-state index contributed by atoms with van der Waals surface area (Å²) in [5.74, 6) is 0.194. The second-order valence-corrected chi connectivity index (χ2v) is 5.10. The molecule has 3 nitrogen and oxygen atoms in total. The smallest absolute Gasteiger partial charge is 0.222 e. The Morgan fingerprint density at radius 1 is 1.35 bits per heavy atom. The molecule has 1 atom stereocenters. The van der Waals surface area contributed by atoms with Crippen LogP contribution in [-0.2, 0) is 11.2 Å². The summed E-state index contributed by atoms with van der Waals surface area (Å²) < 4.78 is 0. The van der Waals surface area contributed by atoms with E-state index in [0.29, 0.717) is 12.5 Å². The Labute approximate surface area is 102 Å². The molecule has 1 amide bonds. The fourth-order valence-electron chi connectivity index (χ4n) is 2.56. The molecule has 0 aromatic heterocycles. The van der Waals surface area contributed by atoms with Gasteiger partial charge >= 0.3 is 0 Å². The second-order valence-electron chi connectivity index (χ2n) is 5.10. The number of nitrogens with one attached hydrogen (secondary N) is 2. The Morgan fingerprint density at radius 2 is 2.18 bits per heavy atom. The average Bonchev–Trinajstić information content (AvgIpc) is 2.65. The van der Waals surface area contributed by atoms with Crippen molar-refractivity contribution in [3.8, 4) is 0 Å². The van der Waals surface area contributed by atoms with Crippen LogP contribution in [0.3, 0.4) is 0 Å². The summed E-state index contributed by atoms with van der Waals surface area (Å²) >= 11 is 0. The molecule has 1 saturated carbocycles. The topological polar surface area (TPSA) is 41.1 Å². The number of amides is 1. The molecule has 3 heteroatoms. The predicted octanol–water partition coefficient (Wildman–Crippen LogP) is 2.08. The van der Waals surface area contributed by atoms with E-state index in [1.165, 1.54) is 17.7 Å². The van der Waals surface area contributed by atoms with Crippen LogP contribution in [0.15, 0.2) is 24.3 Å². The zero-order valence-electron chi connectivity index (χ0n) is 9.91. The van der Waals surface area contributed by atoms with Crippen LogP contribution in [0.2, 0.25) is 0 Å². The minimum Gasteiger partial charge on any atom is -0.381 e. The minimum absolute atomic E-state index is 0.194. The molecule has 0 spiro atoms. The fourth-order valence-corrected chi connectivity index (χ4v) is 2.56. The molecule has 90 valence electrons. The average molecular weight is 230 g/mol. The van der Waals surface area contributed by atoms with E-state index in [0.717, 1.165) is 19.3 Å². The minimum atomic E-state index is 0.194. The Hall–Kier alpha value is -1.51. The third kappa shape index (κ3) is 2.28. The highest BCUT2D eigenvalue weighted by Gasteiger charge is 2.24. The van der Waals surface area contributed by atoms with Gasteiger partial charge < -0.3 is 10.6 Å². The third-order valence-corrected chi connectivity index (χ3v) is 3.75. The monoisotopic (exact) mass is 230 g/mol. The molecule has 17 heavy (non-hydrogen) atoms. The molecule has 0 bridgehead atoms. The van der Waals surface area contributed by atoms with Gasteiger partial charge in [-0.25, -0.2) is 0 Å². The maximum atomic E-state index is 11.8. The fraction of sp³-hybridized carbons (Fsp3) is 0.500. The standard InChI is InChI=1S/C14H18N2O/c17-14(16-11-5-3-6-11)9-12-8-10-4-1-2-7-13(10)15-12/h1-2,4,7,11-12,15H,3,5-6,8-9H2,(H,16,17). The summed E-state index contributed by atoms with van der Waals surface area (Å²) in [5, 5.41) is 6.50. The lowest BCUT2D eigenvalue weighted by Crippen LogP contribution is -2.41. The quantitative estimate of drug-likeness (QED) is 0.834. The molecule has 1 fully saturated rings. The van der Waals surface area contributed by atoms with Gasteiger partial charge in [-0.2, -0.15) is 0 Å². The number of hydrogen-bond donors (Lipinski definition) is 2. The van der Waals surface area contributed by atoms with Crippen molar-refractivity contribution < 1.29 is 4.79 Å². The molecule has 2 N–H and O–H groups in total. The Bertz CT molecular complexity index is 401. The molecule has 1 unspecified atom stereocenters. The molecule has 1 aliphatic heterocycles. The SMILES string of the molecule is O=C(CC1Cc2ccccc2N1)NC1CCC1. The van der Waals surface area contributed by atoms with Gasteiger partial charge in [0.15, 0.2) is 0 Å². The highest BCUT2D eigenvalue weighted by molar-refractivity contribution is 5.78. The first-order valence-electron chi connectivity index (χ1n) is 6.45. The summed E-state index contributed by atoms with van der Waals surface area (Å²) in [6.07, 6.45) is 5.13. The van der Waals surface area contributed by atoms with Crippen LogP contribution in [0.5, 0.6) is 0 Å². The normalized spacial score (nSPS) is 22.5. The van der Waals surface area contributed by atoms with Gasteiger partial charge in [-0.3, -0.25) is 4.79 Å². The zero-order valence-corrected chi connectivity index (χ0v) is 9.91. The number of carbonyl (C=O) groups excluding carboxylic acids is 1. The summed E-state index contributed by atoms with van der Waals surface area (Å²) in [6.45, 7) is 0. The Kier molecular flexibility index (Phi) is 2.75. The highest BCUT2D eigenvalue weighted by atomic mass is 16.1. The molecule has 1 aromatic carbocycles. The maximum Gasteiger partial charge on any atom is 0.222 e. The molecule has 1 aliphatic carbocycles. The Balaban J connectivity index is 1.52. The van der Waals surface area contributed by atoms with Crippen molar-refractivity contribution >= 4 is 11.6 Å². The number of benzene rings is 1. The van der Waals surface area contributed by atoms with E-state index in [1.807, 2.05) is 6.07 Å². The Morgan fingerprint density at radius 3 is 2.88 bits per heavy atom. The number of hydrogen-bond acceptors (Lipinski definition) is 2. The van der Waals surface area contributed by atoms with Crippen molar-refractivity contribution in [2.24, 2.45) is 0 Å². The van der Waals surface area contributed by atoms with Crippen LogP contribution in [0.25, 0.3) is 0 Å². The first-order chi connectivity index (χ1) is 8.31. The van der Waals surface area contributed by atoms with Crippen LogP contribution in [0.1, 0.15) is 31.2 Å². The molecule has 1 aromatic rings. The van der Waals surface area contributed by atoms with Crippen LogP contribution < -0.4 is 10.6 Å². The molecule has 0 radical (unpaired) electrons. The van der Waals surface area contributed by atoms with Gasteiger partial charge in [-0.05, 0) is 37.3 Å². The van der Waals surface area contributed by atoms with Crippen molar-refractivity contribution in [2.75, 3.05) is 5.32 Å². The highest BCUT2D eigenvalue weighted by Crippen LogP contribution is 2.26. The van der Waals surface area contributed by atoms with E-state index >= 15 is 0 Å². The van der Waals surface area contributed by atoms with Gasteiger partial charge in [-0.1, -0.05) is 18.2 Å². The maximum absolute atomic E-state index is 11.8. The van der Waals surface area contributed by atoms with Crippen molar-refractivity contribution in [2.45, 2.75) is 44.2 Å². The molecular weight excluding hydrogens is 212 g/mol. The first kappa shape index (κ1) is 10.6. The number of rotatable bonds is 3. The predicted molar refractivity (Wildman–Crippen MR) is 68.0 cm³/mol. The third-order valence-electron chi connectivity index (χ3n) is 3.75. The number of para-hydroxylation sites is 1. The van der Waals surface area contributed by atoms with Crippen molar-refractivity contribution in [1.82, 2.24) is 5.32 Å². The molecular formula is C14H18N2O. The summed E-state index contributed by atoms with van der Waals surface area (Å²) in [5.41, 5.74) is 2.52. The van der Waals surface area contributed by atoms with Crippen molar-refractivity contribution in [3.63, 3.8) is 0 Å². The number of carbonyl (C=O) groups is 1. The van der Waals surface area contributed by atoms with E-state index < -0.39 is 0 Å². The summed E-state index contributed by atoms with van der Waals surface area (Å²) in [4.78, 5) is 11.8. The van der Waals surface area contributed by atoms with Gasteiger partial charge in [0.05, 0.1) is 0 Å². The zero-order chi connectivity index (χ0) is 11.7.